The van der Waals surface area contributed by atoms with Crippen LogP contribution in [0.1, 0.15) is 37.5 Å². The lowest BCUT2D eigenvalue weighted by atomic mass is 10.1. The number of hydrogen-bond acceptors (Lipinski definition) is 8. The lowest BCUT2D eigenvalue weighted by Crippen LogP contribution is -2.48. The number of carboxylic acid groups (broad SMARTS) is 2. The molecule has 282 valence electrons. The molecule has 2 aromatic heterocycles. The van der Waals surface area contributed by atoms with Crippen LogP contribution < -0.4 is 10.1 Å². The second-order valence-corrected chi connectivity index (χ2v) is 12.2. The fourth-order valence-electron chi connectivity index (χ4n) is 5.60. The quantitative estimate of drug-likeness (QED) is 0.147. The van der Waals surface area contributed by atoms with Crippen LogP contribution in [0, 0.1) is 11.3 Å². The van der Waals surface area contributed by atoms with Crippen LogP contribution in [0.4, 0.5) is 18.9 Å². The third-order valence-electron chi connectivity index (χ3n) is 8.44. The number of hydrogen-bond donors (Lipinski definition) is 3. The van der Waals surface area contributed by atoms with Gasteiger partial charge < -0.3 is 29.7 Å². The van der Waals surface area contributed by atoms with E-state index in [0.717, 1.165) is 60.4 Å². The minimum atomic E-state index is -4.48. The second-order valence-electron chi connectivity index (χ2n) is 12.2. The van der Waals surface area contributed by atoms with Gasteiger partial charge in [-0.25, -0.2) is 14.6 Å². The minimum absolute atomic E-state index is 0.0419. The number of pyridine rings is 1. The van der Waals surface area contributed by atoms with E-state index in [0.29, 0.717) is 47.9 Å². The number of ether oxygens (including phenoxy) is 1. The number of nitriles is 1. The zero-order valence-corrected chi connectivity index (χ0v) is 29.2. The summed E-state index contributed by atoms with van der Waals surface area (Å²) in [6.07, 6.45) is -1.98. The fraction of sp³-hybridized carbons (Fsp3) is 0.179. The predicted molar refractivity (Wildman–Crippen MR) is 193 cm³/mol. The van der Waals surface area contributed by atoms with E-state index in [1.54, 1.807) is 18.2 Å². The molecular weight excluding hydrogens is 721 g/mol. The molecule has 13 nitrogen and oxygen atoms in total. The van der Waals surface area contributed by atoms with Crippen LogP contribution in [-0.2, 0) is 29.4 Å². The van der Waals surface area contributed by atoms with Crippen molar-refractivity contribution in [3.05, 3.63) is 131 Å². The van der Waals surface area contributed by atoms with Crippen LogP contribution in [-0.4, -0.2) is 79.5 Å². The topological polar surface area (TPSA) is 178 Å². The Kier molecular flexibility index (Phi) is 12.3. The Morgan fingerprint density at radius 1 is 0.891 bits per heavy atom. The van der Waals surface area contributed by atoms with E-state index in [9.17, 15) is 32.3 Å². The highest BCUT2D eigenvalue weighted by Gasteiger charge is 2.30. The van der Waals surface area contributed by atoms with Crippen LogP contribution in [0.25, 0.3) is 10.9 Å². The third-order valence-corrected chi connectivity index (χ3v) is 8.44. The van der Waals surface area contributed by atoms with Gasteiger partial charge in [-0.15, -0.1) is 0 Å². The molecule has 0 saturated carbocycles. The van der Waals surface area contributed by atoms with Gasteiger partial charge in [0, 0.05) is 74.5 Å². The number of piperazine rings is 1. The van der Waals surface area contributed by atoms with Crippen LogP contribution in [0.15, 0.2) is 103 Å². The Morgan fingerprint density at radius 2 is 1.55 bits per heavy atom. The number of alkyl halides is 3. The van der Waals surface area contributed by atoms with E-state index in [1.165, 1.54) is 6.20 Å². The summed E-state index contributed by atoms with van der Waals surface area (Å²) >= 11 is 0. The number of benzene rings is 3. The highest BCUT2D eigenvalue weighted by Crippen LogP contribution is 2.30. The first-order chi connectivity index (χ1) is 26.2. The highest BCUT2D eigenvalue weighted by atomic mass is 19.4. The molecule has 0 spiro atoms. The number of nitrogens with zero attached hydrogens (tertiary/aromatic N) is 5. The first kappa shape index (κ1) is 39.2. The fourth-order valence-corrected chi connectivity index (χ4v) is 5.60. The van der Waals surface area contributed by atoms with Gasteiger partial charge in [0.1, 0.15) is 11.4 Å². The zero-order valence-electron chi connectivity index (χ0n) is 29.2. The molecule has 1 aliphatic heterocycles. The minimum Gasteiger partial charge on any atom is -0.478 e. The summed E-state index contributed by atoms with van der Waals surface area (Å²) in [6.45, 7) is 3.48. The number of aliphatic carboxylic acids is 2. The van der Waals surface area contributed by atoms with Gasteiger partial charge in [0.15, 0.2) is 0 Å². The standard InChI is InChI=1S/C35H29F3N6O3.C4H4O4/c1-42-30-12-11-29(47-32-13-10-28(21-40-32)41-33(45)25-6-8-27(9-7-25)35(36,37)38)18-26(30)19-31(42)34(46)44-16-14-43(15-17-44)22-24-4-2-23(20-39)3-5-24;5-3(6)1-2-4(7)8/h2-13,18-19,21H,14-17,22H2,1H3,(H,41,45);1-2H,(H,5,6)(H,7,8). The average Bonchev–Trinajstić information content (AvgIpc) is 3.50. The van der Waals surface area contributed by atoms with Crippen molar-refractivity contribution in [2.75, 3.05) is 31.5 Å². The van der Waals surface area contributed by atoms with Crippen molar-refractivity contribution in [1.82, 2.24) is 19.4 Å². The Hall–Kier alpha value is -6.99. The molecule has 5 aromatic rings. The Morgan fingerprint density at radius 3 is 2.11 bits per heavy atom. The molecule has 0 aliphatic carbocycles. The zero-order chi connectivity index (χ0) is 39.7. The molecule has 2 amide bonds. The number of anilines is 1. The molecule has 3 aromatic carbocycles. The van der Waals surface area contributed by atoms with Gasteiger partial charge in [-0.2, -0.15) is 18.4 Å². The number of fused-ring (bicyclic) bond motifs is 1. The summed E-state index contributed by atoms with van der Waals surface area (Å²) < 4.78 is 46.2. The molecule has 3 N–H and O–H groups in total. The molecular formula is C39H33F3N6O7. The Bertz CT molecular complexity index is 2240. The molecule has 3 heterocycles. The lowest BCUT2D eigenvalue weighted by molar-refractivity contribution is -0.137. The third kappa shape index (κ3) is 10.6. The van der Waals surface area contributed by atoms with E-state index >= 15 is 0 Å². The van der Waals surface area contributed by atoms with Crippen molar-refractivity contribution in [2.45, 2.75) is 12.7 Å². The van der Waals surface area contributed by atoms with Crippen LogP contribution >= 0.6 is 0 Å². The molecule has 6 rings (SSSR count). The van der Waals surface area contributed by atoms with E-state index in [4.69, 9.17) is 20.2 Å². The summed E-state index contributed by atoms with van der Waals surface area (Å²) in [4.78, 5) is 53.5. The van der Waals surface area contributed by atoms with Gasteiger partial charge in [0.05, 0.1) is 29.1 Å². The molecule has 0 radical (unpaired) electrons. The van der Waals surface area contributed by atoms with Gasteiger partial charge in [0.25, 0.3) is 11.8 Å². The van der Waals surface area contributed by atoms with Crippen molar-refractivity contribution in [3.8, 4) is 17.7 Å². The van der Waals surface area contributed by atoms with Gasteiger partial charge in [-0.3, -0.25) is 14.5 Å². The molecule has 16 heteroatoms. The van der Waals surface area contributed by atoms with Crippen molar-refractivity contribution >= 4 is 40.3 Å². The number of rotatable bonds is 9. The van der Waals surface area contributed by atoms with Crippen LogP contribution in [0.5, 0.6) is 11.6 Å². The maximum Gasteiger partial charge on any atom is 0.416 e. The summed E-state index contributed by atoms with van der Waals surface area (Å²) in [6, 6.07) is 24.1. The SMILES string of the molecule is Cn1c(C(=O)N2CCN(Cc3ccc(C#N)cc3)CC2)cc2cc(Oc3ccc(NC(=O)c4ccc(C(F)(F)F)cc4)cn3)ccc21.O=C(O)C=CC(=O)O. The number of carboxylic acids is 2. The largest absolute Gasteiger partial charge is 0.478 e. The van der Waals surface area contributed by atoms with Crippen molar-refractivity contribution in [2.24, 2.45) is 7.05 Å². The first-order valence-corrected chi connectivity index (χ1v) is 16.6. The molecule has 1 saturated heterocycles. The van der Waals surface area contributed by atoms with Crippen LogP contribution in [0.3, 0.4) is 0 Å². The van der Waals surface area contributed by atoms with E-state index < -0.39 is 29.6 Å². The number of carbonyl (C=O) groups excluding carboxylic acids is 2. The molecule has 1 fully saturated rings. The maximum absolute atomic E-state index is 13.5. The van der Waals surface area contributed by atoms with Crippen molar-refractivity contribution in [1.29, 1.82) is 5.26 Å². The summed E-state index contributed by atoms with van der Waals surface area (Å²) in [5.41, 5.74) is 2.80. The Balaban J connectivity index is 0.000000654. The molecule has 0 unspecified atom stereocenters. The second kappa shape index (κ2) is 17.2. The predicted octanol–water partition coefficient (Wildman–Crippen LogP) is 6.18. The van der Waals surface area contributed by atoms with Gasteiger partial charge in [-0.05, 0) is 72.3 Å². The number of aryl methyl sites for hydroxylation is 1. The summed E-state index contributed by atoms with van der Waals surface area (Å²) in [7, 11) is 1.86. The average molecular weight is 755 g/mol. The van der Waals surface area contributed by atoms with E-state index in [1.807, 2.05) is 59.0 Å². The highest BCUT2D eigenvalue weighted by molar-refractivity contribution is 6.04. The molecule has 55 heavy (non-hydrogen) atoms. The van der Waals surface area contributed by atoms with Crippen molar-refractivity contribution in [3.63, 3.8) is 0 Å². The smallest absolute Gasteiger partial charge is 0.416 e. The van der Waals surface area contributed by atoms with Gasteiger partial charge in [0.2, 0.25) is 5.88 Å². The van der Waals surface area contributed by atoms with E-state index in [-0.39, 0.29) is 17.4 Å². The van der Waals surface area contributed by atoms with E-state index in [2.05, 4.69) is 21.3 Å². The van der Waals surface area contributed by atoms with Crippen LogP contribution in [0.2, 0.25) is 0 Å². The number of aromatic nitrogens is 2. The monoisotopic (exact) mass is 754 g/mol. The molecule has 0 bridgehead atoms. The lowest BCUT2D eigenvalue weighted by Gasteiger charge is -2.34. The summed E-state index contributed by atoms with van der Waals surface area (Å²) in [5, 5.41) is 28.1. The number of halogens is 3. The number of carbonyl (C=O) groups is 4. The molecule has 1 aliphatic rings. The van der Waals surface area contributed by atoms with Crippen molar-refractivity contribution < 1.29 is 47.3 Å². The Labute approximate surface area is 312 Å². The first-order valence-electron chi connectivity index (χ1n) is 16.6. The van der Waals surface area contributed by atoms with Gasteiger partial charge in [-0.1, -0.05) is 12.1 Å². The summed E-state index contributed by atoms with van der Waals surface area (Å²) in [5.74, 6) is -2.35. The maximum atomic E-state index is 13.5. The number of amides is 2. The molecule has 0 atom stereocenters. The van der Waals surface area contributed by atoms with Gasteiger partial charge >= 0.3 is 18.1 Å². The number of nitrogens with one attached hydrogen (secondary N) is 1. The normalized spacial score (nSPS) is 13.1.